The van der Waals surface area contributed by atoms with Crippen molar-refractivity contribution >= 4 is 17.2 Å². The summed E-state index contributed by atoms with van der Waals surface area (Å²) in [5, 5.41) is 4.14. The van der Waals surface area contributed by atoms with Gasteiger partial charge in [-0.15, -0.1) is 11.3 Å². The predicted octanol–water partition coefficient (Wildman–Crippen LogP) is 4.44. The Morgan fingerprint density at radius 3 is 3.00 bits per heavy atom. The molecule has 1 aromatic carbocycles. The van der Waals surface area contributed by atoms with Crippen LogP contribution in [0.3, 0.4) is 0 Å². The van der Waals surface area contributed by atoms with Crippen LogP contribution in [0.2, 0.25) is 0 Å². The van der Waals surface area contributed by atoms with E-state index in [0.717, 1.165) is 47.7 Å². The Labute approximate surface area is 150 Å². The number of carbonyl (C=O) groups is 1. The first kappa shape index (κ1) is 16.1. The van der Waals surface area contributed by atoms with E-state index in [9.17, 15) is 4.79 Å². The molecule has 3 aromatic rings. The molecule has 4 nitrogen and oxygen atoms in total. The molecule has 2 heterocycles. The minimum Gasteiger partial charge on any atom is -0.469 e. The number of furan rings is 1. The Kier molecular flexibility index (Phi) is 4.40. The third-order valence-corrected chi connectivity index (χ3v) is 5.76. The average Bonchev–Trinajstić information content (AvgIpc) is 3.23. The summed E-state index contributed by atoms with van der Waals surface area (Å²) < 4.78 is 5.51. The zero-order valence-corrected chi connectivity index (χ0v) is 14.9. The van der Waals surface area contributed by atoms with E-state index < -0.39 is 0 Å². The van der Waals surface area contributed by atoms with E-state index in [1.807, 2.05) is 31.2 Å². The second-order valence-corrected chi connectivity index (χ2v) is 7.49. The number of rotatable bonds is 4. The van der Waals surface area contributed by atoms with Crippen LogP contribution in [0.1, 0.15) is 56.1 Å². The number of aryl methyl sites for hydroxylation is 2. The topological polar surface area (TPSA) is 55.1 Å². The van der Waals surface area contributed by atoms with Gasteiger partial charge in [-0.25, -0.2) is 4.98 Å². The van der Waals surface area contributed by atoms with Crippen molar-refractivity contribution in [3.63, 3.8) is 0 Å². The maximum atomic E-state index is 12.8. The van der Waals surface area contributed by atoms with Gasteiger partial charge in [0.15, 0.2) is 0 Å². The fourth-order valence-electron chi connectivity index (χ4n) is 3.37. The fourth-order valence-corrected chi connectivity index (χ4v) is 4.37. The van der Waals surface area contributed by atoms with E-state index in [0.29, 0.717) is 4.88 Å². The maximum absolute atomic E-state index is 12.8. The van der Waals surface area contributed by atoms with Gasteiger partial charge < -0.3 is 9.73 Å². The summed E-state index contributed by atoms with van der Waals surface area (Å²) in [4.78, 5) is 18.1. The lowest BCUT2D eigenvalue weighted by Crippen LogP contribution is -2.30. The smallest absolute Gasteiger partial charge is 0.263 e. The normalized spacial score (nSPS) is 16.4. The van der Waals surface area contributed by atoms with Crippen molar-refractivity contribution in [1.29, 1.82) is 0 Å². The molecule has 1 aliphatic carbocycles. The third kappa shape index (κ3) is 3.37. The fraction of sp³-hybridized carbons (Fsp3) is 0.300. The van der Waals surface area contributed by atoms with Gasteiger partial charge >= 0.3 is 0 Å². The quantitative estimate of drug-likeness (QED) is 0.755. The molecule has 2 aromatic heterocycles. The summed E-state index contributed by atoms with van der Waals surface area (Å²) in [6, 6.07) is 12.2. The molecular formula is C20H20N2O2S. The summed E-state index contributed by atoms with van der Waals surface area (Å²) >= 11 is 1.49. The molecule has 1 unspecified atom stereocenters. The van der Waals surface area contributed by atoms with Crippen LogP contribution in [0.25, 0.3) is 0 Å². The second kappa shape index (κ2) is 6.84. The molecule has 1 aliphatic rings. The van der Waals surface area contributed by atoms with Gasteiger partial charge in [0.2, 0.25) is 0 Å². The SMILES string of the molecule is Cc1nc(Cc2ccccc2)sc1C(=O)NC1CCCc2occc21. The summed E-state index contributed by atoms with van der Waals surface area (Å²) in [6.07, 6.45) is 5.41. The summed E-state index contributed by atoms with van der Waals surface area (Å²) in [5.74, 6) is 0.968. The number of carbonyl (C=O) groups excluding carboxylic acids is 1. The number of fused-ring (bicyclic) bond motifs is 1. The molecule has 1 amide bonds. The lowest BCUT2D eigenvalue weighted by Gasteiger charge is -2.22. The van der Waals surface area contributed by atoms with Gasteiger partial charge in [0.05, 0.1) is 23.0 Å². The number of hydrogen-bond acceptors (Lipinski definition) is 4. The minimum absolute atomic E-state index is 0.0339. The minimum atomic E-state index is -0.0339. The van der Waals surface area contributed by atoms with Crippen LogP contribution in [0.4, 0.5) is 0 Å². The standard InChI is InChI=1S/C20H20N2O2S/c1-13-19(25-18(21-13)12-14-6-3-2-4-7-14)20(23)22-16-8-5-9-17-15(16)10-11-24-17/h2-4,6-7,10-11,16H,5,8-9,12H2,1H3,(H,22,23). The van der Waals surface area contributed by atoms with Crippen LogP contribution < -0.4 is 5.32 Å². The number of thiazole rings is 1. The van der Waals surface area contributed by atoms with Gasteiger partial charge in [-0.05, 0) is 31.4 Å². The first-order chi connectivity index (χ1) is 12.2. The number of hydrogen-bond donors (Lipinski definition) is 1. The van der Waals surface area contributed by atoms with Gasteiger partial charge in [-0.1, -0.05) is 30.3 Å². The lowest BCUT2D eigenvalue weighted by molar-refractivity contribution is 0.0935. The maximum Gasteiger partial charge on any atom is 0.263 e. The van der Waals surface area contributed by atoms with Gasteiger partial charge in [0, 0.05) is 18.4 Å². The number of nitrogens with zero attached hydrogens (tertiary/aromatic N) is 1. The molecule has 5 heteroatoms. The summed E-state index contributed by atoms with van der Waals surface area (Å²) in [5.41, 5.74) is 3.13. The van der Waals surface area contributed by atoms with Crippen LogP contribution in [-0.2, 0) is 12.8 Å². The van der Waals surface area contributed by atoms with E-state index in [1.165, 1.54) is 16.9 Å². The van der Waals surface area contributed by atoms with E-state index in [-0.39, 0.29) is 11.9 Å². The second-order valence-electron chi connectivity index (χ2n) is 6.40. The molecule has 1 N–H and O–H groups in total. The number of nitrogens with one attached hydrogen (secondary N) is 1. The highest BCUT2D eigenvalue weighted by Crippen LogP contribution is 2.31. The van der Waals surface area contributed by atoms with Crippen molar-refractivity contribution in [1.82, 2.24) is 10.3 Å². The van der Waals surface area contributed by atoms with E-state index in [2.05, 4.69) is 22.4 Å². The first-order valence-electron chi connectivity index (χ1n) is 8.58. The van der Waals surface area contributed by atoms with Gasteiger partial charge in [-0.3, -0.25) is 4.79 Å². The number of aromatic nitrogens is 1. The monoisotopic (exact) mass is 352 g/mol. The Bertz CT molecular complexity index is 882. The summed E-state index contributed by atoms with van der Waals surface area (Å²) in [7, 11) is 0. The predicted molar refractivity (Wildman–Crippen MR) is 98.0 cm³/mol. The van der Waals surface area contributed by atoms with E-state index >= 15 is 0 Å². The molecule has 0 radical (unpaired) electrons. The van der Waals surface area contributed by atoms with Crippen LogP contribution in [0, 0.1) is 6.92 Å². The van der Waals surface area contributed by atoms with Gasteiger partial charge in [-0.2, -0.15) is 0 Å². The van der Waals surface area contributed by atoms with Crippen molar-refractivity contribution in [3.8, 4) is 0 Å². The largest absolute Gasteiger partial charge is 0.469 e. The Morgan fingerprint density at radius 1 is 1.32 bits per heavy atom. The molecule has 0 spiro atoms. The molecule has 0 saturated heterocycles. The van der Waals surface area contributed by atoms with Crippen LogP contribution >= 0.6 is 11.3 Å². The molecule has 4 rings (SSSR count). The number of amides is 1. The summed E-state index contributed by atoms with van der Waals surface area (Å²) in [6.45, 7) is 1.91. The highest BCUT2D eigenvalue weighted by molar-refractivity contribution is 7.13. The van der Waals surface area contributed by atoms with E-state index in [4.69, 9.17) is 4.42 Å². The molecule has 0 aliphatic heterocycles. The molecule has 128 valence electrons. The Morgan fingerprint density at radius 2 is 2.16 bits per heavy atom. The van der Waals surface area contributed by atoms with Crippen molar-refractivity contribution in [3.05, 3.63) is 75.1 Å². The Balaban J connectivity index is 1.50. The Hall–Kier alpha value is -2.40. The lowest BCUT2D eigenvalue weighted by atomic mass is 9.93. The number of benzene rings is 1. The van der Waals surface area contributed by atoms with Crippen molar-refractivity contribution in [2.45, 2.75) is 38.6 Å². The molecule has 0 fully saturated rings. The highest BCUT2D eigenvalue weighted by atomic mass is 32.1. The molecular weight excluding hydrogens is 332 g/mol. The van der Waals surface area contributed by atoms with Crippen molar-refractivity contribution in [2.24, 2.45) is 0 Å². The zero-order valence-electron chi connectivity index (χ0n) is 14.1. The van der Waals surface area contributed by atoms with Gasteiger partial charge in [0.1, 0.15) is 10.6 Å². The molecule has 25 heavy (non-hydrogen) atoms. The molecule has 1 atom stereocenters. The van der Waals surface area contributed by atoms with Crippen LogP contribution in [0.15, 0.2) is 47.1 Å². The van der Waals surface area contributed by atoms with E-state index in [1.54, 1.807) is 6.26 Å². The molecule has 0 bridgehead atoms. The van der Waals surface area contributed by atoms with Crippen molar-refractivity contribution in [2.75, 3.05) is 0 Å². The van der Waals surface area contributed by atoms with Crippen LogP contribution in [0.5, 0.6) is 0 Å². The third-order valence-electron chi connectivity index (χ3n) is 4.60. The van der Waals surface area contributed by atoms with Crippen LogP contribution in [-0.4, -0.2) is 10.9 Å². The highest BCUT2D eigenvalue weighted by Gasteiger charge is 2.26. The zero-order chi connectivity index (χ0) is 17.2. The van der Waals surface area contributed by atoms with Crippen molar-refractivity contribution < 1.29 is 9.21 Å². The average molecular weight is 352 g/mol. The van der Waals surface area contributed by atoms with Gasteiger partial charge in [0.25, 0.3) is 5.91 Å². The first-order valence-corrected chi connectivity index (χ1v) is 9.39. The molecule has 0 saturated carbocycles.